The molecule has 0 spiro atoms. The van der Waals surface area contributed by atoms with Crippen LogP contribution in [0.4, 0.5) is 0 Å². The summed E-state index contributed by atoms with van der Waals surface area (Å²) in [5.41, 5.74) is 5.92. The van der Waals surface area contributed by atoms with Crippen molar-refractivity contribution in [1.82, 2.24) is 0 Å². The molecule has 2 atom stereocenters. The van der Waals surface area contributed by atoms with E-state index in [-0.39, 0.29) is 29.8 Å². The Labute approximate surface area is 85.4 Å². The minimum atomic E-state index is -0.125. The number of halogens is 1. The van der Waals surface area contributed by atoms with Crippen LogP contribution in [0.1, 0.15) is 26.7 Å². The van der Waals surface area contributed by atoms with E-state index in [1.165, 1.54) is 7.11 Å². The quantitative estimate of drug-likeness (QED) is 0.696. The molecule has 2 unspecified atom stereocenters. The van der Waals surface area contributed by atoms with Gasteiger partial charge in [-0.25, -0.2) is 0 Å². The maximum atomic E-state index is 10.9. The lowest BCUT2D eigenvalue weighted by molar-refractivity contribution is -0.145. The maximum absolute atomic E-state index is 10.9. The highest BCUT2D eigenvalue weighted by atomic mass is 35.5. The van der Waals surface area contributed by atoms with Gasteiger partial charge in [0.05, 0.1) is 7.11 Å². The Bertz CT molecular complexity index is 194. The summed E-state index contributed by atoms with van der Waals surface area (Å²) in [5, 5.41) is 0. The van der Waals surface area contributed by atoms with E-state index in [1.807, 2.05) is 0 Å². The van der Waals surface area contributed by atoms with Gasteiger partial charge in [0, 0.05) is 12.5 Å². The molecule has 1 rings (SSSR count). The Balaban J connectivity index is 0.00000144. The van der Waals surface area contributed by atoms with Gasteiger partial charge in [-0.2, -0.15) is 0 Å². The molecule has 1 fully saturated rings. The smallest absolute Gasteiger partial charge is 0.305 e. The van der Waals surface area contributed by atoms with Gasteiger partial charge in [-0.05, 0) is 17.8 Å². The summed E-state index contributed by atoms with van der Waals surface area (Å²) in [6, 6.07) is 0.243. The molecule has 78 valence electrons. The highest BCUT2D eigenvalue weighted by Crippen LogP contribution is 2.46. The minimum Gasteiger partial charge on any atom is -0.469 e. The Kier molecular flexibility index (Phi) is 4.20. The summed E-state index contributed by atoms with van der Waals surface area (Å²) < 4.78 is 4.61. The van der Waals surface area contributed by atoms with Crippen molar-refractivity contribution in [1.29, 1.82) is 0 Å². The Morgan fingerprint density at radius 1 is 1.62 bits per heavy atom. The van der Waals surface area contributed by atoms with Crippen molar-refractivity contribution in [3.63, 3.8) is 0 Å². The Morgan fingerprint density at radius 3 is 2.46 bits per heavy atom. The number of carbonyl (C=O) groups is 1. The minimum absolute atomic E-state index is 0. The zero-order valence-corrected chi connectivity index (χ0v) is 9.19. The maximum Gasteiger partial charge on any atom is 0.305 e. The lowest BCUT2D eigenvalue weighted by atomic mass is 9.58. The monoisotopic (exact) mass is 207 g/mol. The molecule has 0 aliphatic heterocycles. The molecule has 0 amide bonds. The second-order valence-electron chi connectivity index (χ2n) is 4.14. The third-order valence-electron chi connectivity index (χ3n) is 3.19. The van der Waals surface area contributed by atoms with Crippen molar-refractivity contribution >= 4 is 18.4 Å². The van der Waals surface area contributed by atoms with Crippen LogP contribution in [0.5, 0.6) is 0 Å². The highest BCUT2D eigenvalue weighted by Gasteiger charge is 2.46. The Morgan fingerprint density at radius 2 is 2.15 bits per heavy atom. The molecule has 13 heavy (non-hydrogen) atoms. The molecule has 1 aliphatic rings. The molecule has 0 aromatic heterocycles. The van der Waals surface area contributed by atoms with Crippen molar-refractivity contribution in [3.8, 4) is 0 Å². The largest absolute Gasteiger partial charge is 0.469 e. The Hall–Kier alpha value is -0.280. The zero-order valence-electron chi connectivity index (χ0n) is 8.37. The van der Waals surface area contributed by atoms with E-state index in [0.29, 0.717) is 12.3 Å². The number of ether oxygens (including phenoxy) is 1. The van der Waals surface area contributed by atoms with Gasteiger partial charge in [0.25, 0.3) is 0 Å². The first-order chi connectivity index (χ1) is 5.48. The van der Waals surface area contributed by atoms with Crippen LogP contribution in [-0.2, 0) is 9.53 Å². The van der Waals surface area contributed by atoms with Crippen molar-refractivity contribution in [3.05, 3.63) is 0 Å². The van der Waals surface area contributed by atoms with Crippen LogP contribution >= 0.6 is 12.4 Å². The summed E-state index contributed by atoms with van der Waals surface area (Å²) >= 11 is 0. The molecular formula is C9H18ClNO2. The van der Waals surface area contributed by atoms with Crippen molar-refractivity contribution in [2.24, 2.45) is 17.1 Å². The fourth-order valence-corrected chi connectivity index (χ4v) is 1.69. The fourth-order valence-electron chi connectivity index (χ4n) is 1.69. The van der Waals surface area contributed by atoms with Gasteiger partial charge in [-0.3, -0.25) is 4.79 Å². The topological polar surface area (TPSA) is 52.3 Å². The molecule has 4 heteroatoms. The molecular weight excluding hydrogens is 190 g/mol. The van der Waals surface area contributed by atoms with Gasteiger partial charge in [-0.15, -0.1) is 12.4 Å². The second-order valence-corrected chi connectivity index (χ2v) is 4.14. The number of hydrogen-bond donors (Lipinski definition) is 1. The number of nitrogens with two attached hydrogens (primary N) is 1. The van der Waals surface area contributed by atoms with E-state index >= 15 is 0 Å². The first-order valence-corrected chi connectivity index (χ1v) is 4.31. The average molecular weight is 208 g/mol. The predicted octanol–water partition coefficient (Wildman–Crippen LogP) is 1.34. The number of hydrogen-bond acceptors (Lipinski definition) is 3. The standard InChI is InChI=1S/C9H17NO2.ClH/c1-9(2)6(4-7(9)10)5-8(11)12-3;/h6-7H,4-5,10H2,1-3H3;1H. The van der Waals surface area contributed by atoms with Crippen LogP contribution < -0.4 is 5.73 Å². The van der Waals surface area contributed by atoms with Gasteiger partial charge in [-0.1, -0.05) is 13.8 Å². The van der Waals surface area contributed by atoms with Crippen LogP contribution in [0.2, 0.25) is 0 Å². The van der Waals surface area contributed by atoms with Crippen LogP contribution in [0.25, 0.3) is 0 Å². The SMILES string of the molecule is COC(=O)CC1CC(N)C1(C)C.Cl. The van der Waals surface area contributed by atoms with E-state index in [1.54, 1.807) is 0 Å². The van der Waals surface area contributed by atoms with Gasteiger partial charge in [0.2, 0.25) is 0 Å². The van der Waals surface area contributed by atoms with Crippen LogP contribution in [0.3, 0.4) is 0 Å². The highest BCUT2D eigenvalue weighted by molar-refractivity contribution is 5.85. The molecule has 0 heterocycles. The zero-order chi connectivity index (χ0) is 9.35. The van der Waals surface area contributed by atoms with E-state index in [2.05, 4.69) is 18.6 Å². The lowest BCUT2D eigenvalue weighted by Crippen LogP contribution is -2.54. The third kappa shape index (κ3) is 2.35. The summed E-state index contributed by atoms with van der Waals surface area (Å²) in [4.78, 5) is 10.9. The first kappa shape index (κ1) is 12.7. The first-order valence-electron chi connectivity index (χ1n) is 4.31. The van der Waals surface area contributed by atoms with Crippen LogP contribution in [0, 0.1) is 11.3 Å². The van der Waals surface area contributed by atoms with Crippen molar-refractivity contribution < 1.29 is 9.53 Å². The van der Waals surface area contributed by atoms with E-state index < -0.39 is 0 Å². The van der Waals surface area contributed by atoms with Gasteiger partial charge < -0.3 is 10.5 Å². The van der Waals surface area contributed by atoms with Gasteiger partial charge in [0.1, 0.15) is 0 Å². The number of esters is 1. The van der Waals surface area contributed by atoms with Crippen molar-refractivity contribution in [2.45, 2.75) is 32.7 Å². The molecule has 0 aromatic carbocycles. The molecule has 3 nitrogen and oxygen atoms in total. The molecule has 0 bridgehead atoms. The van der Waals surface area contributed by atoms with E-state index in [0.717, 1.165) is 6.42 Å². The molecule has 0 aromatic rings. The van der Waals surface area contributed by atoms with Crippen LogP contribution in [-0.4, -0.2) is 19.1 Å². The number of rotatable bonds is 2. The number of carbonyl (C=O) groups excluding carboxylic acids is 1. The van der Waals surface area contributed by atoms with E-state index in [9.17, 15) is 4.79 Å². The molecule has 1 saturated carbocycles. The summed E-state index contributed by atoms with van der Waals surface area (Å²) in [6.07, 6.45) is 1.46. The van der Waals surface area contributed by atoms with Crippen LogP contribution in [0.15, 0.2) is 0 Å². The molecule has 2 N–H and O–H groups in total. The van der Waals surface area contributed by atoms with E-state index in [4.69, 9.17) is 5.73 Å². The average Bonchev–Trinajstić information content (AvgIpc) is 2.03. The molecule has 1 aliphatic carbocycles. The summed E-state index contributed by atoms with van der Waals surface area (Å²) in [6.45, 7) is 4.21. The molecule has 0 radical (unpaired) electrons. The van der Waals surface area contributed by atoms with Gasteiger partial charge in [0.15, 0.2) is 0 Å². The number of methoxy groups -OCH3 is 1. The molecule has 0 saturated heterocycles. The normalized spacial score (nSPS) is 29.8. The lowest BCUT2D eigenvalue weighted by Gasteiger charge is -2.50. The summed E-state index contributed by atoms with van der Waals surface area (Å²) in [5.74, 6) is 0.278. The fraction of sp³-hybridized carbons (Fsp3) is 0.889. The predicted molar refractivity (Wildman–Crippen MR) is 53.7 cm³/mol. The van der Waals surface area contributed by atoms with Crippen molar-refractivity contribution in [2.75, 3.05) is 7.11 Å². The second kappa shape index (κ2) is 4.29. The van der Waals surface area contributed by atoms with Gasteiger partial charge >= 0.3 is 5.97 Å². The summed E-state index contributed by atoms with van der Waals surface area (Å²) in [7, 11) is 1.42. The third-order valence-corrected chi connectivity index (χ3v) is 3.19.